The van der Waals surface area contributed by atoms with Gasteiger partial charge in [-0.3, -0.25) is 9.59 Å². The Morgan fingerprint density at radius 1 is 0.297 bits per heavy atom. The van der Waals surface area contributed by atoms with Crippen LogP contribution >= 0.6 is 0 Å². The van der Waals surface area contributed by atoms with E-state index in [1.807, 2.05) is 21.1 Å². The van der Waals surface area contributed by atoms with E-state index in [0.29, 0.717) is 17.4 Å². The van der Waals surface area contributed by atoms with Gasteiger partial charge in [0.15, 0.2) is 12.4 Å². The Hall–Kier alpha value is -5.87. The van der Waals surface area contributed by atoms with Crippen LogP contribution in [0.25, 0.3) is 0 Å². The highest BCUT2D eigenvalue weighted by Crippen LogP contribution is 2.17. The van der Waals surface area contributed by atoms with E-state index >= 15 is 0 Å². The van der Waals surface area contributed by atoms with E-state index in [9.17, 15) is 19.5 Å². The molecule has 9 nitrogen and oxygen atoms in total. The summed E-state index contributed by atoms with van der Waals surface area (Å²) >= 11 is 0. The zero-order chi connectivity index (χ0) is 73.2. The van der Waals surface area contributed by atoms with Crippen LogP contribution in [0.2, 0.25) is 0 Å². The number of carboxylic acids is 1. The number of carbonyl (C=O) groups is 3. The van der Waals surface area contributed by atoms with Gasteiger partial charge in [0, 0.05) is 12.8 Å². The van der Waals surface area contributed by atoms with Gasteiger partial charge in [-0.15, -0.1) is 0 Å². The minimum atomic E-state index is -1.63. The van der Waals surface area contributed by atoms with Gasteiger partial charge in [0.25, 0.3) is 0 Å². The molecule has 0 aromatic rings. The van der Waals surface area contributed by atoms with Crippen molar-refractivity contribution in [2.24, 2.45) is 0 Å². The fourth-order valence-electron chi connectivity index (χ4n) is 10.7. The quantitative estimate of drug-likeness (QED) is 0.0195. The van der Waals surface area contributed by atoms with Gasteiger partial charge in [0.2, 0.25) is 0 Å². The largest absolute Gasteiger partial charge is 0.545 e. The molecule has 0 heterocycles. The molecule has 101 heavy (non-hydrogen) atoms. The molecule has 0 fully saturated rings. The predicted octanol–water partition coefficient (Wildman–Crippen LogP) is 25.1. The summed E-state index contributed by atoms with van der Waals surface area (Å²) < 4.78 is 22.9. The monoisotopic (exact) mass is 1400 g/mol. The van der Waals surface area contributed by atoms with Crippen molar-refractivity contribution in [1.29, 1.82) is 0 Å². The summed E-state index contributed by atoms with van der Waals surface area (Å²) in [6, 6.07) is 0. The molecule has 0 aliphatic rings. The highest BCUT2D eigenvalue weighted by atomic mass is 16.7. The van der Waals surface area contributed by atoms with Gasteiger partial charge < -0.3 is 33.3 Å². The Labute approximate surface area is 621 Å². The lowest BCUT2D eigenvalue weighted by Gasteiger charge is -2.26. The molecule has 0 amide bonds. The molecule has 0 aromatic heterocycles. The standard InChI is InChI=1S/C92H149NO8/c1-6-8-10-12-14-16-18-20-22-24-26-28-30-32-34-36-38-40-42-44-45-47-49-51-53-55-57-59-61-63-65-67-69-71-73-75-77-79-81-83-90(95)101-88(87-100-92(91(96)97)98-85-84-93(3,4)5)86-99-89(94)82-80-78-76-74-72-70-68-66-64-62-60-58-56-54-52-50-48-46-43-41-39-37-35-33-31-29-27-25-23-21-19-17-15-13-11-9-7-2/h8-11,14-17,20-23,26-29,32-35,38-41,44-46,48-49,51-52,54,88,92H,6-7,12-13,18-19,24-25,30-31,36-37,42-43,47,50,53,55-87H2,1-5H3/b10-8-,11-9-,16-14-,17-15-,22-20-,23-21-,28-26-,29-27-,34-32-,35-33-,40-38-,41-39-,45-44-,48-46-,51-49-,54-52-. The van der Waals surface area contributed by atoms with Crippen molar-refractivity contribution in [3.63, 3.8) is 0 Å². The Balaban J connectivity index is 4.09. The fraction of sp³-hybridized carbons (Fsp3) is 0.620. The third-order valence-electron chi connectivity index (χ3n) is 16.8. The molecule has 9 heteroatoms. The van der Waals surface area contributed by atoms with Crippen LogP contribution in [0.3, 0.4) is 0 Å². The summed E-state index contributed by atoms with van der Waals surface area (Å²) in [7, 11) is 5.93. The summed E-state index contributed by atoms with van der Waals surface area (Å²) in [6.45, 7) is 4.52. The number of rotatable bonds is 73. The number of quaternary nitrogens is 1. The molecule has 0 N–H and O–H groups in total. The number of unbranched alkanes of at least 4 members (excludes halogenated alkanes) is 26. The number of carboxylic acid groups (broad SMARTS) is 1. The first-order chi connectivity index (χ1) is 49.6. The SMILES string of the molecule is CC/C=C\C/C=C\C/C=C\C/C=C\C/C=C\C/C=C\C/C=C\C/C=C\CCCCCCCCCCCCCCCCC(=O)OC(COC(=O)CCCCCCCCCCCCCC/C=C\C/C=C\C/C=C\C/C=C\C/C=C\C/C=C\C/C=C\C/C=C\CC)COC(OCC[N+](C)(C)C)C(=O)[O-]. The van der Waals surface area contributed by atoms with Crippen LogP contribution in [0.15, 0.2) is 194 Å². The molecule has 2 unspecified atom stereocenters. The number of aliphatic carboxylic acids is 1. The van der Waals surface area contributed by atoms with Crippen molar-refractivity contribution < 1.29 is 42.9 Å². The number of esters is 2. The zero-order valence-electron chi connectivity index (χ0n) is 65.2. The average molecular weight is 1400 g/mol. The lowest BCUT2D eigenvalue weighted by molar-refractivity contribution is -0.870. The minimum absolute atomic E-state index is 0.140. The number of carbonyl (C=O) groups excluding carboxylic acids is 3. The highest BCUT2D eigenvalue weighted by molar-refractivity contribution is 5.70. The number of hydrogen-bond donors (Lipinski definition) is 0. The van der Waals surface area contributed by atoms with E-state index in [2.05, 4.69) is 208 Å². The van der Waals surface area contributed by atoms with Gasteiger partial charge in [-0.2, -0.15) is 0 Å². The second kappa shape index (κ2) is 79.8. The predicted molar refractivity (Wildman–Crippen MR) is 434 cm³/mol. The molecule has 0 saturated carbocycles. The summed E-state index contributed by atoms with van der Waals surface area (Å²) in [5.74, 6) is -2.29. The first kappa shape index (κ1) is 95.1. The lowest BCUT2D eigenvalue weighted by Crippen LogP contribution is -2.44. The average Bonchev–Trinajstić information content (AvgIpc) is 1.21. The van der Waals surface area contributed by atoms with Crippen LogP contribution in [0.5, 0.6) is 0 Å². The Morgan fingerprint density at radius 2 is 0.535 bits per heavy atom. The summed E-state index contributed by atoms with van der Waals surface area (Å²) in [5.41, 5.74) is 0. The third-order valence-corrected chi connectivity index (χ3v) is 16.8. The molecular formula is C92H149NO8. The van der Waals surface area contributed by atoms with Gasteiger partial charge >= 0.3 is 11.9 Å². The van der Waals surface area contributed by atoms with Gasteiger partial charge in [0.1, 0.15) is 13.2 Å². The molecule has 0 radical (unpaired) electrons. The second-order valence-electron chi connectivity index (χ2n) is 27.6. The molecule has 0 aliphatic heterocycles. The van der Waals surface area contributed by atoms with Crippen LogP contribution in [-0.4, -0.2) is 82.3 Å². The van der Waals surface area contributed by atoms with E-state index in [-0.39, 0.29) is 38.6 Å². The minimum Gasteiger partial charge on any atom is -0.545 e. The van der Waals surface area contributed by atoms with Crippen molar-refractivity contribution in [2.45, 2.75) is 322 Å². The molecular weight excluding hydrogens is 1250 g/mol. The van der Waals surface area contributed by atoms with Crippen molar-refractivity contribution in [3.8, 4) is 0 Å². The maximum absolute atomic E-state index is 13.0. The Morgan fingerprint density at radius 3 is 0.792 bits per heavy atom. The third kappa shape index (κ3) is 81.3. The Kier molecular flexibility index (Phi) is 75.2. The number of ether oxygens (including phenoxy) is 4. The smallest absolute Gasteiger partial charge is 0.306 e. The van der Waals surface area contributed by atoms with Gasteiger partial charge in [-0.25, -0.2) is 0 Å². The highest BCUT2D eigenvalue weighted by Gasteiger charge is 2.22. The topological polar surface area (TPSA) is 111 Å². The summed E-state index contributed by atoms with van der Waals surface area (Å²) in [5, 5.41) is 11.9. The maximum Gasteiger partial charge on any atom is 0.306 e. The van der Waals surface area contributed by atoms with Crippen molar-refractivity contribution >= 4 is 17.9 Å². The van der Waals surface area contributed by atoms with Crippen LogP contribution in [0.4, 0.5) is 0 Å². The normalized spacial score (nSPS) is 13.7. The first-order valence-corrected chi connectivity index (χ1v) is 40.6. The number of nitrogens with zero attached hydrogens (tertiary/aromatic N) is 1. The van der Waals surface area contributed by atoms with Crippen LogP contribution in [-0.2, 0) is 33.3 Å². The van der Waals surface area contributed by atoms with Crippen molar-refractivity contribution in [2.75, 3.05) is 47.5 Å². The summed E-state index contributed by atoms with van der Waals surface area (Å²) in [6.07, 6.45) is 120. The fourth-order valence-corrected chi connectivity index (χ4v) is 10.7. The van der Waals surface area contributed by atoms with E-state index < -0.39 is 24.3 Å². The van der Waals surface area contributed by atoms with Crippen LogP contribution < -0.4 is 5.11 Å². The van der Waals surface area contributed by atoms with Crippen LogP contribution in [0.1, 0.15) is 309 Å². The molecule has 0 rings (SSSR count). The van der Waals surface area contributed by atoms with Gasteiger partial charge in [0.05, 0.1) is 40.3 Å². The molecule has 570 valence electrons. The zero-order valence-corrected chi connectivity index (χ0v) is 65.2. The molecule has 0 spiro atoms. The van der Waals surface area contributed by atoms with E-state index in [0.717, 1.165) is 141 Å². The molecule has 2 atom stereocenters. The maximum atomic E-state index is 13.0. The molecule has 0 saturated heterocycles. The van der Waals surface area contributed by atoms with Gasteiger partial charge in [-0.05, 0) is 141 Å². The van der Waals surface area contributed by atoms with Crippen LogP contribution in [0, 0.1) is 0 Å². The number of allylic oxidation sites excluding steroid dienone is 32. The second-order valence-corrected chi connectivity index (χ2v) is 27.6. The van der Waals surface area contributed by atoms with Gasteiger partial charge in [-0.1, -0.05) is 350 Å². The Bertz CT molecular complexity index is 2380. The number of likely N-dealkylation sites (N-methyl/N-ethyl adjacent to an activating group) is 1. The van der Waals surface area contributed by atoms with E-state index in [4.69, 9.17) is 18.9 Å². The summed E-state index contributed by atoms with van der Waals surface area (Å²) in [4.78, 5) is 37.6. The first-order valence-electron chi connectivity index (χ1n) is 40.6. The lowest BCUT2D eigenvalue weighted by atomic mass is 10.0. The van der Waals surface area contributed by atoms with E-state index in [1.54, 1.807) is 0 Å². The molecule has 0 aliphatic carbocycles. The van der Waals surface area contributed by atoms with Crippen molar-refractivity contribution in [3.05, 3.63) is 194 Å². The number of hydrogen-bond acceptors (Lipinski definition) is 8. The molecule has 0 bridgehead atoms. The van der Waals surface area contributed by atoms with Crippen molar-refractivity contribution in [1.82, 2.24) is 0 Å². The van der Waals surface area contributed by atoms with E-state index in [1.165, 1.54) is 135 Å². The molecule has 0 aromatic carbocycles.